The number of aryl methyl sites for hydroxylation is 1. The van der Waals surface area contributed by atoms with Crippen LogP contribution in [0, 0.1) is 0 Å². The molecule has 0 saturated heterocycles. The van der Waals surface area contributed by atoms with Crippen molar-refractivity contribution in [2.75, 3.05) is 13.7 Å². The molecule has 0 spiro atoms. The molecule has 0 unspecified atom stereocenters. The molecule has 0 aliphatic rings. The molecule has 0 amide bonds. The number of benzene rings is 1. The molecule has 0 saturated carbocycles. The lowest BCUT2D eigenvalue weighted by atomic mass is 10.1. The number of esters is 1. The first kappa shape index (κ1) is 14.2. The van der Waals surface area contributed by atoms with Crippen LogP contribution in [0.3, 0.4) is 0 Å². The van der Waals surface area contributed by atoms with Crippen LogP contribution in [0.25, 0.3) is 11.3 Å². The fraction of sp³-hybridized carbons (Fsp3) is 0.312. The Morgan fingerprint density at radius 2 is 1.90 bits per heavy atom. The zero-order valence-electron chi connectivity index (χ0n) is 11.9. The van der Waals surface area contributed by atoms with Gasteiger partial charge in [0.15, 0.2) is 0 Å². The molecule has 0 bridgehead atoms. The van der Waals surface area contributed by atoms with Crippen LogP contribution >= 0.6 is 0 Å². The van der Waals surface area contributed by atoms with Gasteiger partial charge in [0.2, 0.25) is 0 Å². The van der Waals surface area contributed by atoms with Gasteiger partial charge in [-0.1, -0.05) is 6.92 Å². The maximum Gasteiger partial charge on any atom is 0.341 e. The van der Waals surface area contributed by atoms with Gasteiger partial charge in [0, 0.05) is 12.0 Å². The molecule has 0 aliphatic heterocycles. The van der Waals surface area contributed by atoms with Crippen molar-refractivity contribution in [2.45, 2.75) is 20.3 Å². The lowest BCUT2D eigenvalue weighted by molar-refractivity contribution is 0.0524. The first-order chi connectivity index (χ1) is 9.69. The molecule has 2 rings (SSSR count). The molecule has 4 nitrogen and oxygen atoms in total. The summed E-state index contributed by atoms with van der Waals surface area (Å²) in [4.78, 5) is 11.9. The Hall–Kier alpha value is -2.23. The van der Waals surface area contributed by atoms with E-state index in [1.54, 1.807) is 20.1 Å². The standard InChI is InChI=1S/C16H18O4/c1-4-14-13(16(17)19-5-2)10-15(20-14)11-6-8-12(18-3)9-7-11/h6-10H,4-5H2,1-3H3. The highest BCUT2D eigenvalue weighted by atomic mass is 16.5. The summed E-state index contributed by atoms with van der Waals surface area (Å²) in [7, 11) is 1.62. The smallest absolute Gasteiger partial charge is 0.341 e. The van der Waals surface area contributed by atoms with Crippen molar-refractivity contribution in [1.82, 2.24) is 0 Å². The van der Waals surface area contributed by atoms with E-state index < -0.39 is 0 Å². The van der Waals surface area contributed by atoms with Crippen LogP contribution in [0.4, 0.5) is 0 Å². The Morgan fingerprint density at radius 3 is 2.45 bits per heavy atom. The first-order valence-corrected chi connectivity index (χ1v) is 6.63. The predicted octanol–water partition coefficient (Wildman–Crippen LogP) is 3.69. The molecular formula is C16H18O4. The number of ether oxygens (including phenoxy) is 2. The highest BCUT2D eigenvalue weighted by Gasteiger charge is 2.18. The van der Waals surface area contributed by atoms with E-state index in [9.17, 15) is 4.79 Å². The summed E-state index contributed by atoms with van der Waals surface area (Å²) >= 11 is 0. The minimum atomic E-state index is -0.340. The Balaban J connectivity index is 2.34. The Labute approximate surface area is 118 Å². The molecule has 1 heterocycles. The van der Waals surface area contributed by atoms with Gasteiger partial charge in [-0.25, -0.2) is 4.79 Å². The lowest BCUT2D eigenvalue weighted by Crippen LogP contribution is -2.05. The van der Waals surface area contributed by atoms with Gasteiger partial charge in [-0.05, 0) is 37.3 Å². The highest BCUT2D eigenvalue weighted by Crippen LogP contribution is 2.28. The van der Waals surface area contributed by atoms with E-state index in [0.717, 1.165) is 11.3 Å². The van der Waals surface area contributed by atoms with Gasteiger partial charge in [-0.3, -0.25) is 0 Å². The third-order valence-corrected chi connectivity index (χ3v) is 3.00. The van der Waals surface area contributed by atoms with Crippen molar-refractivity contribution >= 4 is 5.97 Å². The molecule has 20 heavy (non-hydrogen) atoms. The van der Waals surface area contributed by atoms with Crippen LogP contribution < -0.4 is 4.74 Å². The number of methoxy groups -OCH3 is 1. The van der Waals surface area contributed by atoms with Crippen molar-refractivity contribution < 1.29 is 18.7 Å². The molecule has 1 aromatic heterocycles. The Bertz CT molecular complexity index is 581. The molecule has 0 radical (unpaired) electrons. The average molecular weight is 274 g/mol. The average Bonchev–Trinajstić information content (AvgIpc) is 2.92. The van der Waals surface area contributed by atoms with E-state index in [2.05, 4.69) is 0 Å². The zero-order valence-corrected chi connectivity index (χ0v) is 11.9. The number of hydrogen-bond donors (Lipinski definition) is 0. The van der Waals surface area contributed by atoms with Gasteiger partial charge in [0.25, 0.3) is 0 Å². The van der Waals surface area contributed by atoms with Crippen LogP contribution in [0.5, 0.6) is 5.75 Å². The van der Waals surface area contributed by atoms with Gasteiger partial charge in [0.1, 0.15) is 22.8 Å². The third-order valence-electron chi connectivity index (χ3n) is 3.00. The van der Waals surface area contributed by atoms with E-state index in [4.69, 9.17) is 13.9 Å². The highest BCUT2D eigenvalue weighted by molar-refractivity contribution is 5.92. The molecule has 0 N–H and O–H groups in total. The van der Waals surface area contributed by atoms with E-state index in [1.807, 2.05) is 31.2 Å². The lowest BCUT2D eigenvalue weighted by Gasteiger charge is -2.00. The quantitative estimate of drug-likeness (QED) is 0.780. The minimum Gasteiger partial charge on any atom is -0.497 e. The third kappa shape index (κ3) is 2.85. The summed E-state index contributed by atoms with van der Waals surface area (Å²) in [5, 5.41) is 0. The molecule has 106 valence electrons. The number of rotatable bonds is 5. The van der Waals surface area contributed by atoms with Gasteiger partial charge >= 0.3 is 5.97 Å². The van der Waals surface area contributed by atoms with Gasteiger partial charge in [0.05, 0.1) is 13.7 Å². The fourth-order valence-corrected chi connectivity index (χ4v) is 1.97. The summed E-state index contributed by atoms with van der Waals surface area (Å²) < 4.78 is 15.9. The Kier molecular flexibility index (Phi) is 4.45. The van der Waals surface area contributed by atoms with Crippen molar-refractivity contribution in [3.63, 3.8) is 0 Å². The first-order valence-electron chi connectivity index (χ1n) is 6.63. The normalized spacial score (nSPS) is 10.3. The largest absolute Gasteiger partial charge is 0.497 e. The second-order valence-corrected chi connectivity index (χ2v) is 4.25. The zero-order chi connectivity index (χ0) is 14.5. The van der Waals surface area contributed by atoms with E-state index in [1.165, 1.54) is 0 Å². The second kappa shape index (κ2) is 6.28. The number of hydrogen-bond acceptors (Lipinski definition) is 4. The molecule has 0 fully saturated rings. The Morgan fingerprint density at radius 1 is 1.20 bits per heavy atom. The molecule has 1 aromatic carbocycles. The van der Waals surface area contributed by atoms with Gasteiger partial charge in [-0.2, -0.15) is 0 Å². The molecule has 0 aliphatic carbocycles. The monoisotopic (exact) mass is 274 g/mol. The maximum atomic E-state index is 11.9. The summed E-state index contributed by atoms with van der Waals surface area (Å²) in [5.41, 5.74) is 1.40. The summed E-state index contributed by atoms with van der Waals surface area (Å²) in [6.45, 7) is 4.08. The van der Waals surface area contributed by atoms with Crippen LogP contribution in [-0.4, -0.2) is 19.7 Å². The van der Waals surface area contributed by atoms with Gasteiger partial charge in [-0.15, -0.1) is 0 Å². The second-order valence-electron chi connectivity index (χ2n) is 4.25. The molecule has 2 aromatic rings. The van der Waals surface area contributed by atoms with E-state index >= 15 is 0 Å². The fourth-order valence-electron chi connectivity index (χ4n) is 1.97. The van der Waals surface area contributed by atoms with E-state index in [0.29, 0.717) is 30.1 Å². The molecule has 0 atom stereocenters. The van der Waals surface area contributed by atoms with Crippen molar-refractivity contribution in [2.24, 2.45) is 0 Å². The van der Waals surface area contributed by atoms with Crippen molar-refractivity contribution in [1.29, 1.82) is 0 Å². The van der Waals surface area contributed by atoms with Crippen LogP contribution in [-0.2, 0) is 11.2 Å². The topological polar surface area (TPSA) is 48.7 Å². The summed E-state index contributed by atoms with van der Waals surface area (Å²) in [6.07, 6.45) is 0.643. The van der Waals surface area contributed by atoms with Gasteiger partial charge < -0.3 is 13.9 Å². The van der Waals surface area contributed by atoms with Crippen molar-refractivity contribution in [3.05, 3.63) is 41.7 Å². The minimum absolute atomic E-state index is 0.340. The molecular weight excluding hydrogens is 256 g/mol. The maximum absolute atomic E-state index is 11.9. The molecule has 4 heteroatoms. The summed E-state index contributed by atoms with van der Waals surface area (Å²) in [5.74, 6) is 1.75. The van der Waals surface area contributed by atoms with Crippen LogP contribution in [0.2, 0.25) is 0 Å². The van der Waals surface area contributed by atoms with E-state index in [-0.39, 0.29) is 5.97 Å². The number of carbonyl (C=O) groups excluding carboxylic acids is 1. The number of carbonyl (C=O) groups is 1. The summed E-state index contributed by atoms with van der Waals surface area (Å²) in [6, 6.07) is 9.23. The number of furan rings is 1. The van der Waals surface area contributed by atoms with Crippen molar-refractivity contribution in [3.8, 4) is 17.1 Å². The predicted molar refractivity (Wildman–Crippen MR) is 76.0 cm³/mol. The van der Waals surface area contributed by atoms with Crippen LogP contribution in [0.15, 0.2) is 34.7 Å². The SMILES string of the molecule is CCOC(=O)c1cc(-c2ccc(OC)cc2)oc1CC. The van der Waals surface area contributed by atoms with Crippen LogP contribution in [0.1, 0.15) is 30.0 Å².